The van der Waals surface area contributed by atoms with Crippen molar-refractivity contribution >= 4 is 22.6 Å². The van der Waals surface area contributed by atoms with Gasteiger partial charge in [-0.25, -0.2) is 0 Å². The number of rotatable bonds is 3. The first kappa shape index (κ1) is 13.1. The first-order valence-corrected chi connectivity index (χ1v) is 7.57. The number of nitrogens with one attached hydrogen (secondary N) is 2. The van der Waals surface area contributed by atoms with E-state index >= 15 is 0 Å². The lowest BCUT2D eigenvalue weighted by atomic mass is 10.0. The summed E-state index contributed by atoms with van der Waals surface area (Å²) in [6.07, 6.45) is 1.98. The van der Waals surface area contributed by atoms with Crippen molar-refractivity contribution in [2.45, 2.75) is 19.8 Å². The number of nitrogens with zero attached hydrogens (tertiary/aromatic N) is 1. The molecule has 0 spiro atoms. The molecule has 1 aliphatic carbocycles. The Bertz CT molecular complexity index is 862. The minimum absolute atomic E-state index is 0.0798. The molecular formula is C18H17N3O. The van der Waals surface area contributed by atoms with Crippen molar-refractivity contribution in [3.8, 4) is 11.1 Å². The molecule has 2 aromatic carbocycles. The Balaban J connectivity index is 1.68. The smallest absolute Gasteiger partial charge is 0.228 e. The summed E-state index contributed by atoms with van der Waals surface area (Å²) in [5.74, 6) is 0.886. The van der Waals surface area contributed by atoms with Crippen molar-refractivity contribution in [3.63, 3.8) is 0 Å². The number of aromatic amines is 1. The van der Waals surface area contributed by atoms with E-state index in [1.165, 1.54) is 11.1 Å². The molecule has 4 nitrogen and oxygen atoms in total. The molecule has 3 aromatic rings. The summed E-state index contributed by atoms with van der Waals surface area (Å²) >= 11 is 0. The van der Waals surface area contributed by atoms with Gasteiger partial charge in [-0.15, -0.1) is 0 Å². The fourth-order valence-corrected chi connectivity index (χ4v) is 2.68. The third kappa shape index (κ3) is 2.37. The maximum atomic E-state index is 11.9. The summed E-state index contributed by atoms with van der Waals surface area (Å²) in [5.41, 5.74) is 4.49. The molecule has 4 rings (SSSR count). The van der Waals surface area contributed by atoms with Crippen LogP contribution in [0.1, 0.15) is 18.4 Å². The summed E-state index contributed by atoms with van der Waals surface area (Å²) in [6, 6.07) is 14.6. The first-order chi connectivity index (χ1) is 10.7. The van der Waals surface area contributed by atoms with Gasteiger partial charge in [0.1, 0.15) is 0 Å². The van der Waals surface area contributed by atoms with Gasteiger partial charge in [0.15, 0.2) is 5.82 Å². The Kier molecular flexibility index (Phi) is 2.96. The number of hydrogen-bond donors (Lipinski definition) is 2. The van der Waals surface area contributed by atoms with Gasteiger partial charge in [-0.2, -0.15) is 5.10 Å². The second-order valence-corrected chi connectivity index (χ2v) is 5.97. The SMILES string of the molecule is Cc1cccc(-c2ccc3c(NC(=O)C4CC4)n[nH]c3c2)c1. The molecule has 4 heteroatoms. The van der Waals surface area contributed by atoms with Crippen LogP contribution in [0.15, 0.2) is 42.5 Å². The molecule has 22 heavy (non-hydrogen) atoms. The average Bonchev–Trinajstić information content (AvgIpc) is 3.30. The van der Waals surface area contributed by atoms with E-state index in [1.807, 2.05) is 6.07 Å². The van der Waals surface area contributed by atoms with Gasteiger partial charge in [0.2, 0.25) is 5.91 Å². The monoisotopic (exact) mass is 291 g/mol. The van der Waals surface area contributed by atoms with Crippen LogP contribution in [0, 0.1) is 12.8 Å². The van der Waals surface area contributed by atoms with Crippen LogP contribution in [0.3, 0.4) is 0 Å². The maximum absolute atomic E-state index is 11.9. The molecule has 1 amide bonds. The number of anilines is 1. The number of carbonyl (C=O) groups excluding carboxylic acids is 1. The number of H-pyrrole nitrogens is 1. The van der Waals surface area contributed by atoms with Crippen molar-refractivity contribution in [1.82, 2.24) is 10.2 Å². The fourth-order valence-electron chi connectivity index (χ4n) is 2.68. The molecule has 1 aromatic heterocycles. The molecule has 0 radical (unpaired) electrons. The van der Waals surface area contributed by atoms with Gasteiger partial charge >= 0.3 is 0 Å². The fraction of sp³-hybridized carbons (Fsp3) is 0.222. The van der Waals surface area contributed by atoms with E-state index in [9.17, 15) is 4.79 Å². The highest BCUT2D eigenvalue weighted by atomic mass is 16.2. The van der Waals surface area contributed by atoms with Crippen molar-refractivity contribution in [2.75, 3.05) is 5.32 Å². The number of amides is 1. The number of carbonyl (C=O) groups is 1. The normalized spacial score (nSPS) is 14.2. The summed E-state index contributed by atoms with van der Waals surface area (Å²) in [4.78, 5) is 11.9. The summed E-state index contributed by atoms with van der Waals surface area (Å²) in [7, 11) is 0. The van der Waals surface area contributed by atoms with Crippen molar-refractivity contribution < 1.29 is 4.79 Å². The molecule has 1 heterocycles. The second kappa shape index (κ2) is 4.98. The van der Waals surface area contributed by atoms with Crippen LogP contribution in [-0.4, -0.2) is 16.1 Å². The van der Waals surface area contributed by atoms with Gasteiger partial charge in [0, 0.05) is 11.3 Å². The standard InChI is InChI=1S/C18H17N3O/c1-11-3-2-4-13(9-11)14-7-8-15-16(10-14)20-21-17(15)19-18(22)12-5-6-12/h2-4,7-10,12H,5-6H2,1H3,(H2,19,20,21,22). The van der Waals surface area contributed by atoms with E-state index < -0.39 is 0 Å². The minimum atomic E-state index is 0.0798. The summed E-state index contributed by atoms with van der Waals surface area (Å²) in [6.45, 7) is 2.09. The number of hydrogen-bond acceptors (Lipinski definition) is 2. The third-order valence-electron chi connectivity index (χ3n) is 4.10. The Morgan fingerprint density at radius 3 is 2.77 bits per heavy atom. The molecule has 2 N–H and O–H groups in total. The third-order valence-corrected chi connectivity index (χ3v) is 4.10. The molecule has 110 valence electrons. The molecule has 1 saturated carbocycles. The van der Waals surface area contributed by atoms with Crippen molar-refractivity contribution in [1.29, 1.82) is 0 Å². The second-order valence-electron chi connectivity index (χ2n) is 5.97. The number of aromatic nitrogens is 2. The van der Waals surface area contributed by atoms with Crippen LogP contribution < -0.4 is 5.32 Å². The lowest BCUT2D eigenvalue weighted by molar-refractivity contribution is -0.117. The van der Waals surface area contributed by atoms with E-state index in [2.05, 4.69) is 58.8 Å². The van der Waals surface area contributed by atoms with E-state index in [0.717, 1.165) is 29.3 Å². The lowest BCUT2D eigenvalue weighted by Crippen LogP contribution is -2.13. The molecule has 0 atom stereocenters. The van der Waals surface area contributed by atoms with E-state index in [0.29, 0.717) is 5.82 Å². The predicted molar refractivity (Wildman–Crippen MR) is 87.6 cm³/mol. The molecule has 0 aliphatic heterocycles. The van der Waals surface area contributed by atoms with Gasteiger partial charge in [-0.1, -0.05) is 35.9 Å². The Labute approximate surface area is 128 Å². The van der Waals surface area contributed by atoms with Crippen LogP contribution in [0.4, 0.5) is 5.82 Å². The molecule has 0 unspecified atom stereocenters. The highest BCUT2D eigenvalue weighted by Crippen LogP contribution is 2.32. The number of benzene rings is 2. The number of aryl methyl sites for hydroxylation is 1. The summed E-state index contributed by atoms with van der Waals surface area (Å²) in [5, 5.41) is 11.1. The van der Waals surface area contributed by atoms with Gasteiger partial charge in [-0.05, 0) is 43.0 Å². The molecule has 1 fully saturated rings. The zero-order valence-corrected chi connectivity index (χ0v) is 12.4. The lowest BCUT2D eigenvalue weighted by Gasteiger charge is -2.04. The Hall–Kier alpha value is -2.62. The van der Waals surface area contributed by atoms with Gasteiger partial charge < -0.3 is 5.32 Å². The zero-order chi connectivity index (χ0) is 15.1. The maximum Gasteiger partial charge on any atom is 0.228 e. The van der Waals surface area contributed by atoms with Crippen molar-refractivity contribution in [2.24, 2.45) is 5.92 Å². The molecule has 1 aliphatic rings. The van der Waals surface area contributed by atoms with Crippen LogP contribution in [0.2, 0.25) is 0 Å². The molecule has 0 saturated heterocycles. The van der Waals surface area contributed by atoms with E-state index in [1.54, 1.807) is 0 Å². The zero-order valence-electron chi connectivity index (χ0n) is 12.4. The highest BCUT2D eigenvalue weighted by molar-refractivity contribution is 6.02. The van der Waals surface area contributed by atoms with Gasteiger partial charge in [0.25, 0.3) is 0 Å². The average molecular weight is 291 g/mol. The Morgan fingerprint density at radius 2 is 2.00 bits per heavy atom. The summed E-state index contributed by atoms with van der Waals surface area (Å²) < 4.78 is 0. The minimum Gasteiger partial charge on any atom is -0.308 e. The van der Waals surface area contributed by atoms with Crippen LogP contribution in [0.5, 0.6) is 0 Å². The quantitative estimate of drug-likeness (QED) is 0.769. The van der Waals surface area contributed by atoms with Gasteiger partial charge in [0.05, 0.1) is 5.52 Å². The predicted octanol–water partition coefficient (Wildman–Crippen LogP) is 3.89. The van der Waals surface area contributed by atoms with Crippen LogP contribution in [0.25, 0.3) is 22.0 Å². The number of fused-ring (bicyclic) bond motifs is 1. The van der Waals surface area contributed by atoms with E-state index in [-0.39, 0.29) is 11.8 Å². The van der Waals surface area contributed by atoms with Crippen molar-refractivity contribution in [3.05, 3.63) is 48.0 Å². The Morgan fingerprint density at radius 1 is 1.18 bits per heavy atom. The van der Waals surface area contributed by atoms with Gasteiger partial charge in [-0.3, -0.25) is 9.89 Å². The largest absolute Gasteiger partial charge is 0.308 e. The van der Waals surface area contributed by atoms with E-state index in [4.69, 9.17) is 0 Å². The first-order valence-electron chi connectivity index (χ1n) is 7.57. The topological polar surface area (TPSA) is 57.8 Å². The van der Waals surface area contributed by atoms with Crippen LogP contribution in [-0.2, 0) is 4.79 Å². The molecular weight excluding hydrogens is 274 g/mol. The molecule has 0 bridgehead atoms. The van der Waals surface area contributed by atoms with Crippen LogP contribution >= 0.6 is 0 Å². The highest BCUT2D eigenvalue weighted by Gasteiger charge is 2.30.